The molecule has 1 fully saturated rings. The number of β-amino-alcohol motifs (C(OH)–C–C–N with tert-alkyl or cyclic N) is 2. The Morgan fingerprint density at radius 1 is 0.821 bits per heavy atom. The molecule has 2 N–H and O–H groups in total. The molecule has 4 rings (SSSR count). The fraction of sp³-hybridized carbons (Fsp3) is 0.429. The Labute approximate surface area is 181 Å². The average Bonchev–Trinajstić information content (AvgIpc) is 2.96. The fourth-order valence-corrected chi connectivity index (χ4v) is 4.87. The normalized spacial score (nSPS) is 17.6. The lowest BCUT2D eigenvalue weighted by Gasteiger charge is -2.35. The van der Waals surface area contributed by atoms with Crippen LogP contribution in [0.25, 0.3) is 21.8 Å². The van der Waals surface area contributed by atoms with Crippen molar-refractivity contribution in [2.24, 2.45) is 0 Å². The number of hydrogen-bond acceptors (Lipinski definition) is 4. The van der Waals surface area contributed by atoms with Crippen molar-refractivity contribution in [1.82, 2.24) is 14.4 Å². The summed E-state index contributed by atoms with van der Waals surface area (Å²) in [6.07, 6.45) is -0.435. The lowest BCUT2D eigenvalue weighted by molar-refractivity contribution is 0.0601. The average molecular weight is 511 g/mol. The Balaban J connectivity index is 1.54. The summed E-state index contributed by atoms with van der Waals surface area (Å²) in [6, 6.07) is 12.6. The molecule has 1 atom stereocenters. The number of aliphatic hydroxyl groups is 2. The molecule has 150 valence electrons. The molecule has 0 aliphatic carbocycles. The van der Waals surface area contributed by atoms with Crippen molar-refractivity contribution >= 4 is 53.7 Å². The van der Waals surface area contributed by atoms with Crippen LogP contribution in [0.3, 0.4) is 0 Å². The highest BCUT2D eigenvalue weighted by Crippen LogP contribution is 2.33. The van der Waals surface area contributed by atoms with Crippen molar-refractivity contribution in [2.45, 2.75) is 12.6 Å². The second-order valence-electron chi connectivity index (χ2n) is 7.45. The highest BCUT2D eigenvalue weighted by molar-refractivity contribution is 9.10. The zero-order valence-corrected chi connectivity index (χ0v) is 18.9. The van der Waals surface area contributed by atoms with Crippen molar-refractivity contribution in [3.05, 3.63) is 45.3 Å². The number of aliphatic hydroxyl groups excluding tert-OH is 2. The minimum Gasteiger partial charge on any atom is -0.395 e. The van der Waals surface area contributed by atoms with Crippen LogP contribution >= 0.6 is 31.9 Å². The van der Waals surface area contributed by atoms with Gasteiger partial charge in [0.25, 0.3) is 0 Å². The highest BCUT2D eigenvalue weighted by atomic mass is 79.9. The van der Waals surface area contributed by atoms with E-state index in [1.54, 1.807) is 0 Å². The van der Waals surface area contributed by atoms with Gasteiger partial charge in [-0.2, -0.15) is 0 Å². The van der Waals surface area contributed by atoms with E-state index in [1.807, 2.05) is 0 Å². The molecular formula is C21H25Br2N3O2. The summed E-state index contributed by atoms with van der Waals surface area (Å²) in [7, 11) is 0. The molecule has 1 saturated heterocycles. The molecule has 0 unspecified atom stereocenters. The second kappa shape index (κ2) is 8.81. The van der Waals surface area contributed by atoms with Crippen LogP contribution in [0.2, 0.25) is 0 Å². The van der Waals surface area contributed by atoms with Gasteiger partial charge < -0.3 is 14.8 Å². The molecule has 5 nitrogen and oxygen atoms in total. The number of benzene rings is 2. The zero-order chi connectivity index (χ0) is 19.7. The Bertz CT molecular complexity index is 908. The van der Waals surface area contributed by atoms with Gasteiger partial charge in [0.2, 0.25) is 0 Å². The van der Waals surface area contributed by atoms with Gasteiger partial charge in [0, 0.05) is 70.0 Å². The molecule has 1 aliphatic heterocycles. The third-order valence-corrected chi connectivity index (χ3v) is 6.52. The molecule has 0 saturated carbocycles. The minimum absolute atomic E-state index is 0.211. The molecule has 0 radical (unpaired) electrons. The van der Waals surface area contributed by atoms with Crippen molar-refractivity contribution in [2.75, 3.05) is 45.9 Å². The molecule has 0 bridgehead atoms. The maximum absolute atomic E-state index is 10.8. The van der Waals surface area contributed by atoms with Gasteiger partial charge in [-0.3, -0.25) is 9.80 Å². The van der Waals surface area contributed by atoms with E-state index in [1.165, 1.54) is 10.8 Å². The SMILES string of the molecule is OCCN1CCN(C[C@@H](O)Cn2c3ccc(Br)cc3c3cc(Br)ccc32)CC1. The molecule has 28 heavy (non-hydrogen) atoms. The van der Waals surface area contributed by atoms with Gasteiger partial charge >= 0.3 is 0 Å². The first-order valence-corrected chi connectivity index (χ1v) is 11.2. The quantitative estimate of drug-likeness (QED) is 0.534. The van der Waals surface area contributed by atoms with E-state index in [4.69, 9.17) is 5.11 Å². The summed E-state index contributed by atoms with van der Waals surface area (Å²) in [6.45, 7) is 5.95. The number of halogens is 2. The zero-order valence-electron chi connectivity index (χ0n) is 15.7. The van der Waals surface area contributed by atoms with E-state index < -0.39 is 6.10 Å². The first-order valence-electron chi connectivity index (χ1n) is 9.66. The number of piperazine rings is 1. The monoisotopic (exact) mass is 509 g/mol. The molecule has 2 aromatic carbocycles. The summed E-state index contributed by atoms with van der Waals surface area (Å²) in [4.78, 5) is 4.59. The van der Waals surface area contributed by atoms with Gasteiger partial charge in [-0.25, -0.2) is 0 Å². The molecular weight excluding hydrogens is 486 g/mol. The molecule has 0 amide bonds. The van der Waals surface area contributed by atoms with E-state index in [9.17, 15) is 5.11 Å². The van der Waals surface area contributed by atoms with Crippen molar-refractivity contribution < 1.29 is 10.2 Å². The predicted molar refractivity (Wildman–Crippen MR) is 121 cm³/mol. The van der Waals surface area contributed by atoms with Gasteiger partial charge in [0.05, 0.1) is 19.3 Å². The third-order valence-electron chi connectivity index (χ3n) is 5.53. The van der Waals surface area contributed by atoms with Crippen LogP contribution in [0.1, 0.15) is 0 Å². The molecule has 7 heteroatoms. The lowest BCUT2D eigenvalue weighted by atomic mass is 10.2. The maximum atomic E-state index is 10.8. The summed E-state index contributed by atoms with van der Waals surface area (Å²) < 4.78 is 4.34. The molecule has 1 aliphatic rings. The topological polar surface area (TPSA) is 51.9 Å². The first-order chi connectivity index (χ1) is 13.5. The third kappa shape index (κ3) is 4.30. The van der Waals surface area contributed by atoms with Crippen molar-refractivity contribution in [3.63, 3.8) is 0 Å². The molecule has 1 aromatic heterocycles. The van der Waals surface area contributed by atoms with E-state index in [0.29, 0.717) is 13.1 Å². The van der Waals surface area contributed by atoms with Gasteiger partial charge in [0.1, 0.15) is 0 Å². The van der Waals surface area contributed by atoms with Crippen LogP contribution in [0.15, 0.2) is 45.3 Å². The highest BCUT2D eigenvalue weighted by Gasteiger charge is 2.20. The second-order valence-corrected chi connectivity index (χ2v) is 9.28. The van der Waals surface area contributed by atoms with Crippen LogP contribution < -0.4 is 0 Å². The summed E-state index contributed by atoms with van der Waals surface area (Å²) in [5, 5.41) is 22.3. The van der Waals surface area contributed by atoms with Crippen LogP contribution in [0.5, 0.6) is 0 Å². The maximum Gasteiger partial charge on any atom is 0.0845 e. The van der Waals surface area contributed by atoms with Crippen LogP contribution in [-0.4, -0.2) is 76.6 Å². The number of fused-ring (bicyclic) bond motifs is 3. The standard InChI is InChI=1S/C21H25Br2N3O2/c22-15-1-3-20-18(11-15)19-12-16(23)2-4-21(19)26(20)14-17(28)13-25-7-5-24(6-8-25)9-10-27/h1-4,11-12,17,27-28H,5-10,13-14H2/t17-/m1/s1. The predicted octanol–water partition coefficient (Wildman–Crippen LogP) is 3.29. The molecule has 0 spiro atoms. The minimum atomic E-state index is -0.435. The number of rotatable bonds is 6. The van der Waals surface area contributed by atoms with Crippen LogP contribution in [-0.2, 0) is 6.54 Å². The Morgan fingerprint density at radius 2 is 1.36 bits per heavy atom. The van der Waals surface area contributed by atoms with Gasteiger partial charge in [0.15, 0.2) is 0 Å². The smallest absolute Gasteiger partial charge is 0.0845 e. The Hall–Kier alpha value is -0.960. The summed E-state index contributed by atoms with van der Waals surface area (Å²) in [5.74, 6) is 0. The first kappa shape index (κ1) is 20.3. The van der Waals surface area contributed by atoms with Crippen LogP contribution in [0, 0.1) is 0 Å². The summed E-state index contributed by atoms with van der Waals surface area (Å²) in [5.41, 5.74) is 2.28. The van der Waals surface area contributed by atoms with Crippen LogP contribution in [0.4, 0.5) is 0 Å². The number of nitrogens with zero attached hydrogens (tertiary/aromatic N) is 3. The van der Waals surface area contributed by atoms with Gasteiger partial charge in [-0.1, -0.05) is 31.9 Å². The molecule has 3 aromatic rings. The number of aromatic nitrogens is 1. The Morgan fingerprint density at radius 3 is 1.89 bits per heavy atom. The lowest BCUT2D eigenvalue weighted by Crippen LogP contribution is -2.49. The van der Waals surface area contributed by atoms with E-state index in [2.05, 4.69) is 82.6 Å². The van der Waals surface area contributed by atoms with Gasteiger partial charge in [-0.15, -0.1) is 0 Å². The van der Waals surface area contributed by atoms with Crippen molar-refractivity contribution in [3.8, 4) is 0 Å². The van der Waals surface area contributed by atoms with E-state index in [0.717, 1.165) is 52.7 Å². The van der Waals surface area contributed by atoms with E-state index in [-0.39, 0.29) is 6.61 Å². The van der Waals surface area contributed by atoms with Crippen molar-refractivity contribution in [1.29, 1.82) is 0 Å². The number of hydrogen-bond donors (Lipinski definition) is 2. The van der Waals surface area contributed by atoms with Gasteiger partial charge in [-0.05, 0) is 36.4 Å². The summed E-state index contributed by atoms with van der Waals surface area (Å²) >= 11 is 7.16. The van der Waals surface area contributed by atoms with E-state index >= 15 is 0 Å². The molecule has 2 heterocycles. The Kier molecular flexibility index (Phi) is 6.40. The fourth-order valence-electron chi connectivity index (χ4n) is 4.15. The largest absolute Gasteiger partial charge is 0.395 e.